The fraction of sp³-hybridized carbons (Fsp3) is 0.538. The molecule has 0 saturated carbocycles. The molecule has 0 aromatic heterocycles. The smallest absolute Gasteiger partial charge is 0.163 e. The molecule has 0 spiro atoms. The van der Waals surface area contributed by atoms with E-state index < -0.39 is 11.6 Å². The van der Waals surface area contributed by atoms with Gasteiger partial charge in [0, 0.05) is 10.3 Å². The lowest BCUT2D eigenvalue weighted by atomic mass is 9.90. The van der Waals surface area contributed by atoms with Crippen molar-refractivity contribution in [2.24, 2.45) is 5.84 Å². The van der Waals surface area contributed by atoms with Crippen LogP contribution in [0.3, 0.4) is 0 Å². The van der Waals surface area contributed by atoms with Crippen LogP contribution in [0.15, 0.2) is 12.1 Å². The molecule has 1 aromatic rings. The maximum absolute atomic E-state index is 14.0. The second-order valence-electron chi connectivity index (χ2n) is 4.96. The standard InChI is InChI=1S/C13H18F2N2S/c1-8-4-5-9(11(15)10(8)14)12(17-16)13(2)6-3-7-18-13/h4-5,12,17H,3,6-7,16H2,1-2H3. The SMILES string of the molecule is Cc1ccc(C(NN)C2(C)CCCS2)c(F)c1F. The van der Waals surface area contributed by atoms with Gasteiger partial charge in [-0.15, -0.1) is 0 Å². The topological polar surface area (TPSA) is 38.0 Å². The number of halogens is 2. The highest BCUT2D eigenvalue weighted by atomic mass is 32.2. The summed E-state index contributed by atoms with van der Waals surface area (Å²) >= 11 is 1.76. The molecule has 0 bridgehead atoms. The summed E-state index contributed by atoms with van der Waals surface area (Å²) in [5.41, 5.74) is 3.29. The molecule has 3 N–H and O–H groups in total. The summed E-state index contributed by atoms with van der Waals surface area (Å²) in [5.74, 6) is 5.04. The Morgan fingerprint density at radius 1 is 1.39 bits per heavy atom. The normalized spacial score (nSPS) is 25.4. The lowest BCUT2D eigenvalue weighted by Gasteiger charge is -2.33. The van der Waals surface area contributed by atoms with Gasteiger partial charge >= 0.3 is 0 Å². The van der Waals surface area contributed by atoms with E-state index in [1.54, 1.807) is 30.8 Å². The first-order valence-corrected chi connectivity index (χ1v) is 7.03. The molecule has 18 heavy (non-hydrogen) atoms. The van der Waals surface area contributed by atoms with E-state index in [0.29, 0.717) is 11.1 Å². The maximum atomic E-state index is 14.0. The Bertz CT molecular complexity index is 445. The number of benzene rings is 1. The largest absolute Gasteiger partial charge is 0.271 e. The first kappa shape index (κ1) is 13.8. The number of rotatable bonds is 3. The zero-order chi connectivity index (χ0) is 13.3. The van der Waals surface area contributed by atoms with Crippen LogP contribution in [0.1, 0.15) is 36.9 Å². The Morgan fingerprint density at radius 2 is 2.11 bits per heavy atom. The van der Waals surface area contributed by atoms with E-state index >= 15 is 0 Å². The van der Waals surface area contributed by atoms with E-state index in [-0.39, 0.29) is 10.8 Å². The van der Waals surface area contributed by atoms with Crippen molar-refractivity contribution in [1.29, 1.82) is 0 Å². The van der Waals surface area contributed by atoms with E-state index in [4.69, 9.17) is 5.84 Å². The minimum Gasteiger partial charge on any atom is -0.271 e. The van der Waals surface area contributed by atoms with Crippen LogP contribution in [-0.2, 0) is 0 Å². The predicted octanol–water partition coefficient (Wildman–Crippen LogP) is 3.06. The van der Waals surface area contributed by atoms with E-state index in [2.05, 4.69) is 5.43 Å². The molecule has 2 nitrogen and oxygen atoms in total. The van der Waals surface area contributed by atoms with Gasteiger partial charge in [0.15, 0.2) is 11.6 Å². The highest BCUT2D eigenvalue weighted by Gasteiger charge is 2.39. The molecule has 1 fully saturated rings. The van der Waals surface area contributed by atoms with Gasteiger partial charge < -0.3 is 0 Å². The van der Waals surface area contributed by atoms with Crippen molar-refractivity contribution in [1.82, 2.24) is 5.43 Å². The fourth-order valence-corrected chi connectivity index (χ4v) is 3.91. The summed E-state index contributed by atoms with van der Waals surface area (Å²) in [6, 6.07) is 2.85. The zero-order valence-corrected chi connectivity index (χ0v) is 11.4. The van der Waals surface area contributed by atoms with Crippen LogP contribution in [0.25, 0.3) is 0 Å². The zero-order valence-electron chi connectivity index (χ0n) is 10.6. The van der Waals surface area contributed by atoms with Crippen molar-refractivity contribution >= 4 is 11.8 Å². The molecule has 1 aliphatic heterocycles. The Morgan fingerprint density at radius 3 is 2.67 bits per heavy atom. The van der Waals surface area contributed by atoms with Crippen LogP contribution in [-0.4, -0.2) is 10.5 Å². The Kier molecular flexibility index (Phi) is 3.94. The molecule has 2 atom stereocenters. The number of nitrogens with two attached hydrogens (primary N) is 1. The minimum atomic E-state index is -0.785. The van der Waals surface area contributed by atoms with Gasteiger partial charge in [-0.3, -0.25) is 11.3 Å². The summed E-state index contributed by atoms with van der Waals surface area (Å²) in [6.45, 7) is 3.60. The lowest BCUT2D eigenvalue weighted by molar-refractivity contribution is 0.394. The van der Waals surface area contributed by atoms with E-state index in [1.807, 2.05) is 6.92 Å². The van der Waals surface area contributed by atoms with Crippen LogP contribution in [0.4, 0.5) is 8.78 Å². The van der Waals surface area contributed by atoms with Crippen LogP contribution >= 0.6 is 11.8 Å². The molecule has 2 rings (SSSR count). The Labute approximate surface area is 110 Å². The summed E-state index contributed by atoms with van der Waals surface area (Å²) < 4.78 is 27.5. The van der Waals surface area contributed by atoms with Crippen LogP contribution in [0.5, 0.6) is 0 Å². The highest BCUT2D eigenvalue weighted by molar-refractivity contribution is 8.00. The molecule has 2 unspecified atom stereocenters. The number of hydrogen-bond donors (Lipinski definition) is 2. The van der Waals surface area contributed by atoms with Gasteiger partial charge in [0.05, 0.1) is 6.04 Å². The Hall–Kier alpha value is -0.650. The molecule has 0 aliphatic carbocycles. The number of nitrogens with one attached hydrogen (secondary N) is 1. The van der Waals surface area contributed by atoms with E-state index in [1.165, 1.54) is 0 Å². The predicted molar refractivity (Wildman–Crippen MR) is 71.3 cm³/mol. The summed E-state index contributed by atoms with van der Waals surface area (Å²) in [5, 5.41) is 0. The third kappa shape index (κ3) is 2.27. The monoisotopic (exact) mass is 272 g/mol. The second-order valence-corrected chi connectivity index (χ2v) is 6.59. The first-order valence-electron chi connectivity index (χ1n) is 6.04. The minimum absolute atomic E-state index is 0.183. The quantitative estimate of drug-likeness (QED) is 0.656. The molecular formula is C13H18F2N2S. The third-order valence-electron chi connectivity index (χ3n) is 3.64. The van der Waals surface area contributed by atoms with Gasteiger partial charge in [0.2, 0.25) is 0 Å². The molecule has 1 heterocycles. The Balaban J connectivity index is 2.42. The van der Waals surface area contributed by atoms with Crippen molar-refractivity contribution < 1.29 is 8.78 Å². The van der Waals surface area contributed by atoms with E-state index in [0.717, 1.165) is 18.6 Å². The molecule has 100 valence electrons. The van der Waals surface area contributed by atoms with Crippen molar-refractivity contribution in [3.63, 3.8) is 0 Å². The number of aryl methyl sites for hydroxylation is 1. The summed E-state index contributed by atoms with van der Waals surface area (Å²) in [6.07, 6.45) is 2.02. The molecule has 5 heteroatoms. The molecule has 1 aromatic carbocycles. The third-order valence-corrected chi connectivity index (χ3v) is 5.23. The highest BCUT2D eigenvalue weighted by Crippen LogP contribution is 2.46. The van der Waals surface area contributed by atoms with Crippen molar-refractivity contribution in [3.05, 3.63) is 34.9 Å². The average molecular weight is 272 g/mol. The second kappa shape index (κ2) is 5.15. The van der Waals surface area contributed by atoms with Gasteiger partial charge in [0.25, 0.3) is 0 Å². The summed E-state index contributed by atoms with van der Waals surface area (Å²) in [4.78, 5) is 0. The molecule has 1 saturated heterocycles. The number of thioether (sulfide) groups is 1. The van der Waals surface area contributed by atoms with Crippen molar-refractivity contribution in [2.45, 2.75) is 37.5 Å². The van der Waals surface area contributed by atoms with Gasteiger partial charge in [0.1, 0.15) is 0 Å². The lowest BCUT2D eigenvalue weighted by Crippen LogP contribution is -2.41. The molecular weight excluding hydrogens is 254 g/mol. The summed E-state index contributed by atoms with van der Waals surface area (Å²) in [7, 11) is 0. The van der Waals surface area contributed by atoms with Crippen molar-refractivity contribution in [2.75, 3.05) is 5.75 Å². The van der Waals surface area contributed by atoms with Gasteiger partial charge in [-0.25, -0.2) is 8.78 Å². The van der Waals surface area contributed by atoms with Crippen LogP contribution < -0.4 is 11.3 Å². The molecule has 0 radical (unpaired) electrons. The molecule has 1 aliphatic rings. The van der Waals surface area contributed by atoms with Crippen LogP contribution in [0, 0.1) is 18.6 Å². The molecule has 0 amide bonds. The van der Waals surface area contributed by atoms with Gasteiger partial charge in [-0.2, -0.15) is 11.8 Å². The number of hydrogen-bond acceptors (Lipinski definition) is 3. The maximum Gasteiger partial charge on any atom is 0.163 e. The van der Waals surface area contributed by atoms with Gasteiger partial charge in [-0.1, -0.05) is 12.1 Å². The van der Waals surface area contributed by atoms with Crippen molar-refractivity contribution in [3.8, 4) is 0 Å². The van der Waals surface area contributed by atoms with Crippen LogP contribution in [0.2, 0.25) is 0 Å². The fourth-order valence-electron chi connectivity index (χ4n) is 2.51. The van der Waals surface area contributed by atoms with E-state index in [9.17, 15) is 8.78 Å². The first-order chi connectivity index (χ1) is 8.49. The van der Waals surface area contributed by atoms with Gasteiger partial charge in [-0.05, 0) is 38.0 Å². The average Bonchev–Trinajstić information content (AvgIpc) is 2.78. The number of hydrazine groups is 1.